The van der Waals surface area contributed by atoms with Crippen LogP contribution in [0.15, 0.2) is 47.5 Å². The number of amides is 1. The van der Waals surface area contributed by atoms with Gasteiger partial charge in [0, 0.05) is 32.0 Å². The molecule has 0 atom stereocenters. The molecule has 0 N–H and O–H groups in total. The fraction of sp³-hybridized carbons (Fsp3) is 0.333. The first-order valence-corrected chi connectivity index (χ1v) is 9.60. The fourth-order valence-electron chi connectivity index (χ4n) is 2.26. The van der Waals surface area contributed by atoms with Gasteiger partial charge in [-0.25, -0.2) is 17.2 Å². The van der Waals surface area contributed by atoms with E-state index in [4.69, 9.17) is 0 Å². The molecular weight excluding hydrogens is 376 g/mol. The number of sulfonamides is 1. The molecule has 1 amide bonds. The maximum absolute atomic E-state index is 12.6. The van der Waals surface area contributed by atoms with E-state index in [0.29, 0.717) is 5.69 Å². The van der Waals surface area contributed by atoms with Crippen molar-refractivity contribution in [2.24, 2.45) is 0 Å². The zero-order chi connectivity index (χ0) is 20.4. The predicted molar refractivity (Wildman–Crippen MR) is 98.5 cm³/mol. The van der Waals surface area contributed by atoms with E-state index in [0.717, 1.165) is 12.3 Å². The van der Waals surface area contributed by atoms with Gasteiger partial charge in [0.2, 0.25) is 10.0 Å². The number of hydrogen-bond acceptors (Lipinski definition) is 4. The molecule has 27 heavy (non-hydrogen) atoms. The van der Waals surface area contributed by atoms with Crippen LogP contribution >= 0.6 is 0 Å². The van der Waals surface area contributed by atoms with Crippen LogP contribution in [-0.2, 0) is 10.0 Å². The van der Waals surface area contributed by atoms with E-state index in [-0.39, 0.29) is 16.5 Å². The van der Waals surface area contributed by atoms with Crippen molar-refractivity contribution in [2.75, 3.05) is 19.0 Å². The van der Waals surface area contributed by atoms with E-state index in [1.807, 2.05) is 0 Å². The van der Waals surface area contributed by atoms with Crippen molar-refractivity contribution in [3.05, 3.63) is 53.9 Å². The minimum absolute atomic E-state index is 0.117. The molecule has 0 radical (unpaired) electrons. The van der Waals surface area contributed by atoms with E-state index >= 15 is 0 Å². The number of benzene rings is 1. The van der Waals surface area contributed by atoms with Crippen LogP contribution in [0.1, 0.15) is 36.3 Å². The summed E-state index contributed by atoms with van der Waals surface area (Å²) in [5.74, 6) is -0.446. The molecule has 0 spiro atoms. The zero-order valence-electron chi connectivity index (χ0n) is 15.4. The van der Waals surface area contributed by atoms with Gasteiger partial charge in [0.15, 0.2) is 0 Å². The SMILES string of the molecule is CC(C)N(C)S(=O)(=O)c1ccc(N(C)C(=O)c2ccc(C(F)F)nc2)cc1. The molecular formula is C18H21F2N3O3S. The molecule has 0 bridgehead atoms. The molecule has 1 aromatic carbocycles. The van der Waals surface area contributed by atoms with E-state index in [1.54, 1.807) is 13.8 Å². The summed E-state index contributed by atoms with van der Waals surface area (Å²) in [6.07, 6.45) is -1.61. The molecule has 1 heterocycles. The van der Waals surface area contributed by atoms with Crippen LogP contribution in [-0.4, -0.2) is 43.8 Å². The van der Waals surface area contributed by atoms with E-state index in [2.05, 4.69) is 4.98 Å². The van der Waals surface area contributed by atoms with Crippen molar-refractivity contribution < 1.29 is 22.0 Å². The lowest BCUT2D eigenvalue weighted by molar-refractivity contribution is 0.0991. The molecule has 146 valence electrons. The number of pyridine rings is 1. The maximum Gasteiger partial charge on any atom is 0.280 e. The number of carbonyl (C=O) groups excluding carboxylic acids is 1. The molecule has 0 saturated heterocycles. The van der Waals surface area contributed by atoms with Crippen molar-refractivity contribution in [2.45, 2.75) is 31.2 Å². The quantitative estimate of drug-likeness (QED) is 0.750. The summed E-state index contributed by atoms with van der Waals surface area (Å²) in [6, 6.07) is 8.06. The molecule has 0 aliphatic carbocycles. The highest BCUT2D eigenvalue weighted by atomic mass is 32.2. The van der Waals surface area contributed by atoms with Gasteiger partial charge in [0.1, 0.15) is 5.69 Å². The van der Waals surface area contributed by atoms with Crippen LogP contribution in [0.4, 0.5) is 14.5 Å². The van der Waals surface area contributed by atoms with E-state index < -0.39 is 28.0 Å². The molecule has 0 aliphatic heterocycles. The number of nitrogens with zero attached hydrogens (tertiary/aromatic N) is 3. The molecule has 1 aromatic heterocycles. The van der Waals surface area contributed by atoms with E-state index in [9.17, 15) is 22.0 Å². The van der Waals surface area contributed by atoms with Gasteiger partial charge in [0.25, 0.3) is 12.3 Å². The molecule has 0 fully saturated rings. The zero-order valence-corrected chi connectivity index (χ0v) is 16.2. The molecule has 2 rings (SSSR count). The number of halogens is 2. The summed E-state index contributed by atoms with van der Waals surface area (Å²) in [6.45, 7) is 3.54. The van der Waals surface area contributed by atoms with Gasteiger partial charge in [-0.2, -0.15) is 4.31 Å². The highest BCUT2D eigenvalue weighted by Gasteiger charge is 2.23. The highest BCUT2D eigenvalue weighted by molar-refractivity contribution is 7.89. The van der Waals surface area contributed by atoms with Gasteiger partial charge < -0.3 is 4.90 Å². The first-order valence-electron chi connectivity index (χ1n) is 8.16. The smallest absolute Gasteiger partial charge is 0.280 e. The summed E-state index contributed by atoms with van der Waals surface area (Å²) in [7, 11) is -0.611. The lowest BCUT2D eigenvalue weighted by atomic mass is 10.2. The summed E-state index contributed by atoms with van der Waals surface area (Å²) in [4.78, 5) is 17.5. The van der Waals surface area contributed by atoms with Crippen LogP contribution in [0, 0.1) is 0 Å². The Bertz CT molecular complexity index is 898. The van der Waals surface area contributed by atoms with Crippen molar-refractivity contribution in [1.29, 1.82) is 0 Å². The summed E-state index contributed by atoms with van der Waals surface area (Å²) >= 11 is 0. The first kappa shape index (κ1) is 20.9. The maximum atomic E-state index is 12.6. The summed E-state index contributed by atoms with van der Waals surface area (Å²) in [5.41, 5.74) is 0.209. The Morgan fingerprint density at radius 1 is 1.04 bits per heavy atom. The van der Waals surface area contributed by atoms with Crippen LogP contribution in [0.3, 0.4) is 0 Å². The second kappa shape index (κ2) is 8.10. The molecule has 0 unspecified atom stereocenters. The topological polar surface area (TPSA) is 70.6 Å². The second-order valence-corrected chi connectivity index (χ2v) is 8.24. The Balaban J connectivity index is 2.22. The van der Waals surface area contributed by atoms with Gasteiger partial charge >= 0.3 is 0 Å². The fourth-order valence-corrected chi connectivity index (χ4v) is 3.62. The van der Waals surface area contributed by atoms with Gasteiger partial charge in [-0.05, 0) is 50.2 Å². The number of alkyl halides is 2. The van der Waals surface area contributed by atoms with Crippen LogP contribution < -0.4 is 4.90 Å². The Morgan fingerprint density at radius 2 is 1.63 bits per heavy atom. The molecule has 0 saturated carbocycles. The van der Waals surface area contributed by atoms with Crippen molar-refractivity contribution in [3.8, 4) is 0 Å². The van der Waals surface area contributed by atoms with Crippen LogP contribution in [0.5, 0.6) is 0 Å². The third-order valence-corrected chi connectivity index (χ3v) is 6.24. The van der Waals surface area contributed by atoms with Gasteiger partial charge in [-0.1, -0.05) is 0 Å². The molecule has 2 aromatic rings. The normalized spacial score (nSPS) is 12.0. The average molecular weight is 397 g/mol. The van der Waals surface area contributed by atoms with Crippen molar-refractivity contribution in [1.82, 2.24) is 9.29 Å². The number of anilines is 1. The van der Waals surface area contributed by atoms with Gasteiger partial charge in [-0.15, -0.1) is 0 Å². The van der Waals surface area contributed by atoms with E-state index in [1.165, 1.54) is 53.6 Å². The largest absolute Gasteiger partial charge is 0.311 e. The second-order valence-electron chi connectivity index (χ2n) is 6.25. The molecule has 0 aliphatic rings. The van der Waals surface area contributed by atoms with Crippen LogP contribution in [0.25, 0.3) is 0 Å². The van der Waals surface area contributed by atoms with Crippen molar-refractivity contribution >= 4 is 21.6 Å². The minimum atomic E-state index is -3.62. The monoisotopic (exact) mass is 397 g/mol. The number of rotatable bonds is 6. The first-order chi connectivity index (χ1) is 12.6. The Hall–Kier alpha value is -2.39. The number of carbonyl (C=O) groups is 1. The summed E-state index contributed by atoms with van der Waals surface area (Å²) < 4.78 is 51.3. The Kier molecular flexibility index (Phi) is 6.27. The average Bonchev–Trinajstić information content (AvgIpc) is 2.66. The molecule has 9 heteroatoms. The lowest BCUT2D eigenvalue weighted by Crippen LogP contribution is -2.33. The predicted octanol–water partition coefficient (Wildman–Crippen LogP) is 3.32. The van der Waals surface area contributed by atoms with Crippen LogP contribution in [0.2, 0.25) is 0 Å². The summed E-state index contributed by atoms with van der Waals surface area (Å²) in [5, 5.41) is 0. The molecule has 6 nitrogen and oxygen atoms in total. The highest BCUT2D eigenvalue weighted by Crippen LogP contribution is 2.22. The lowest BCUT2D eigenvalue weighted by Gasteiger charge is -2.22. The Morgan fingerprint density at radius 3 is 2.07 bits per heavy atom. The Labute approximate surface area is 157 Å². The number of hydrogen-bond donors (Lipinski definition) is 0. The van der Waals surface area contributed by atoms with Gasteiger partial charge in [-0.3, -0.25) is 9.78 Å². The third kappa shape index (κ3) is 4.48. The number of aromatic nitrogens is 1. The van der Waals surface area contributed by atoms with Crippen molar-refractivity contribution in [3.63, 3.8) is 0 Å². The van der Waals surface area contributed by atoms with Gasteiger partial charge in [0.05, 0.1) is 10.5 Å². The third-order valence-electron chi connectivity index (χ3n) is 4.19. The minimum Gasteiger partial charge on any atom is -0.311 e. The standard InChI is InChI=1S/C18H21F2N3O3S/c1-12(2)23(4)27(25,26)15-8-6-14(7-9-15)22(3)18(24)13-5-10-16(17(19)20)21-11-13/h5-12,17H,1-4H3.